The van der Waals surface area contributed by atoms with Gasteiger partial charge in [-0.05, 0) is 62.1 Å². The monoisotopic (exact) mass is 446 g/mol. The number of aryl methyl sites for hydroxylation is 2. The second-order valence-corrected chi connectivity index (χ2v) is 10.3. The van der Waals surface area contributed by atoms with Gasteiger partial charge in [0.15, 0.2) is 0 Å². The fourth-order valence-corrected chi connectivity index (χ4v) is 5.83. The average Bonchev–Trinajstić information content (AvgIpc) is 3.40. The van der Waals surface area contributed by atoms with Crippen molar-refractivity contribution in [1.29, 1.82) is 0 Å². The normalized spacial score (nSPS) is 11.3. The summed E-state index contributed by atoms with van der Waals surface area (Å²) >= 11 is 3.16. The van der Waals surface area contributed by atoms with Gasteiger partial charge < -0.3 is 0 Å². The van der Waals surface area contributed by atoms with Crippen molar-refractivity contribution < 1.29 is 8.78 Å². The number of rotatable bonds is 12. The van der Waals surface area contributed by atoms with Crippen LogP contribution in [0.1, 0.15) is 75.0 Å². The Morgan fingerprint density at radius 1 is 0.600 bits per heavy atom. The third kappa shape index (κ3) is 6.24. The van der Waals surface area contributed by atoms with Crippen LogP contribution in [0.3, 0.4) is 0 Å². The smallest absolute Gasteiger partial charge is 0.132 e. The van der Waals surface area contributed by atoms with Gasteiger partial charge >= 0.3 is 0 Å². The first-order valence-corrected chi connectivity index (χ1v) is 12.9. The van der Waals surface area contributed by atoms with E-state index < -0.39 is 0 Å². The number of thiophene rings is 2. The van der Waals surface area contributed by atoms with Gasteiger partial charge in [0.05, 0.1) is 0 Å². The molecule has 3 rings (SSSR count). The lowest BCUT2D eigenvalue weighted by Gasteiger charge is -2.06. The van der Waals surface area contributed by atoms with Crippen LogP contribution in [0.25, 0.3) is 20.9 Å². The van der Waals surface area contributed by atoms with Crippen molar-refractivity contribution in [2.24, 2.45) is 0 Å². The average molecular weight is 447 g/mol. The highest BCUT2D eigenvalue weighted by Crippen LogP contribution is 2.37. The number of halogens is 2. The minimum atomic E-state index is -0.344. The molecule has 0 N–H and O–H groups in total. The first-order chi connectivity index (χ1) is 14.6. The largest absolute Gasteiger partial charge is 0.206 e. The van der Waals surface area contributed by atoms with Crippen LogP contribution >= 0.6 is 22.7 Å². The summed E-state index contributed by atoms with van der Waals surface area (Å²) in [5.41, 5.74) is 0.745. The summed E-state index contributed by atoms with van der Waals surface area (Å²) in [6, 6.07) is 10.7. The highest BCUT2D eigenvalue weighted by Gasteiger charge is 2.16. The molecule has 0 aliphatic rings. The van der Waals surface area contributed by atoms with Gasteiger partial charge in [0, 0.05) is 30.6 Å². The van der Waals surface area contributed by atoms with Crippen molar-refractivity contribution >= 4 is 22.7 Å². The van der Waals surface area contributed by atoms with E-state index >= 15 is 0 Å². The van der Waals surface area contributed by atoms with E-state index in [4.69, 9.17) is 0 Å². The topological polar surface area (TPSA) is 0 Å². The molecule has 0 fully saturated rings. The third-order valence-electron chi connectivity index (χ3n) is 5.46. The van der Waals surface area contributed by atoms with E-state index in [1.54, 1.807) is 22.7 Å². The van der Waals surface area contributed by atoms with Gasteiger partial charge in [-0.1, -0.05) is 52.4 Å². The van der Waals surface area contributed by atoms with Crippen LogP contribution in [0.15, 0.2) is 36.4 Å². The quantitative estimate of drug-likeness (QED) is 0.243. The molecule has 0 amide bonds. The van der Waals surface area contributed by atoms with Crippen LogP contribution < -0.4 is 0 Å². The predicted octanol–water partition coefficient (Wildman–Crippen LogP) is 9.67. The molecule has 3 aromatic rings. The maximum absolute atomic E-state index is 14.9. The Bertz CT molecular complexity index is 847. The molecule has 0 aliphatic carbocycles. The van der Waals surface area contributed by atoms with Crippen LogP contribution in [0.2, 0.25) is 0 Å². The van der Waals surface area contributed by atoms with Crippen LogP contribution in [-0.4, -0.2) is 0 Å². The number of hydrogen-bond donors (Lipinski definition) is 0. The third-order valence-corrected chi connectivity index (χ3v) is 7.82. The maximum atomic E-state index is 14.9. The molecule has 0 spiro atoms. The lowest BCUT2D eigenvalue weighted by molar-refractivity contribution is 0.607. The SMILES string of the molecule is CCCCCCc1ccc(-c2cc(F)c(-c3ccc(CCCCCC)s3)cc2F)s1. The molecule has 0 unspecified atom stereocenters. The number of unbranched alkanes of at least 4 members (excludes halogenated alkanes) is 6. The summed E-state index contributed by atoms with van der Waals surface area (Å²) in [4.78, 5) is 4.12. The van der Waals surface area contributed by atoms with Gasteiger partial charge in [-0.15, -0.1) is 22.7 Å². The van der Waals surface area contributed by atoms with E-state index in [0.29, 0.717) is 11.1 Å². The molecule has 0 saturated carbocycles. The Morgan fingerprint density at radius 3 is 1.43 bits per heavy atom. The molecule has 0 aliphatic heterocycles. The lowest BCUT2D eigenvalue weighted by atomic mass is 10.1. The highest BCUT2D eigenvalue weighted by atomic mass is 32.1. The Balaban J connectivity index is 1.70. The fourth-order valence-electron chi connectivity index (χ4n) is 3.69. The molecule has 162 valence electrons. The molecule has 0 radical (unpaired) electrons. The zero-order valence-electron chi connectivity index (χ0n) is 18.1. The first kappa shape index (κ1) is 23.1. The standard InChI is InChI=1S/C26H32F2S2/c1-3-5-7-9-11-19-13-15-25(29-19)21-17-24(28)22(18-23(21)27)26-16-14-20(30-26)12-10-8-6-4-2/h13-18H,3-12H2,1-2H3. The molecule has 0 bridgehead atoms. The molecule has 0 nitrogen and oxygen atoms in total. The number of benzene rings is 1. The summed E-state index contributed by atoms with van der Waals surface area (Å²) in [6.45, 7) is 4.41. The number of hydrogen-bond acceptors (Lipinski definition) is 2. The second kappa shape index (κ2) is 11.8. The molecule has 2 heterocycles. The van der Waals surface area contributed by atoms with Gasteiger partial charge in [0.25, 0.3) is 0 Å². The van der Waals surface area contributed by atoms with Crippen molar-refractivity contribution in [1.82, 2.24) is 0 Å². The van der Waals surface area contributed by atoms with Crippen molar-refractivity contribution in [2.75, 3.05) is 0 Å². The van der Waals surface area contributed by atoms with Gasteiger partial charge in [0.2, 0.25) is 0 Å². The molecular weight excluding hydrogens is 414 g/mol. The summed E-state index contributed by atoms with van der Waals surface area (Å²) in [5.74, 6) is -0.688. The molecule has 4 heteroatoms. The Labute approximate surface area is 188 Å². The zero-order chi connectivity index (χ0) is 21.3. The van der Waals surface area contributed by atoms with E-state index in [9.17, 15) is 8.78 Å². The highest BCUT2D eigenvalue weighted by molar-refractivity contribution is 7.15. The molecule has 2 aromatic heterocycles. The maximum Gasteiger partial charge on any atom is 0.132 e. The molecule has 1 aromatic carbocycles. The van der Waals surface area contributed by atoms with E-state index in [1.807, 2.05) is 12.1 Å². The Kier molecular flexibility index (Phi) is 9.07. The lowest BCUT2D eigenvalue weighted by Crippen LogP contribution is -1.89. The summed E-state index contributed by atoms with van der Waals surface area (Å²) in [6.07, 6.45) is 11.7. The summed E-state index contributed by atoms with van der Waals surface area (Å²) < 4.78 is 29.8. The van der Waals surface area contributed by atoms with E-state index in [2.05, 4.69) is 26.0 Å². The van der Waals surface area contributed by atoms with Crippen molar-refractivity contribution in [2.45, 2.75) is 78.1 Å². The Morgan fingerprint density at radius 2 is 1.03 bits per heavy atom. The van der Waals surface area contributed by atoms with E-state index in [-0.39, 0.29) is 11.6 Å². The molecule has 0 saturated heterocycles. The zero-order valence-corrected chi connectivity index (χ0v) is 19.7. The molecule has 0 atom stereocenters. The Hall–Kier alpha value is -1.52. The fraction of sp³-hybridized carbons (Fsp3) is 0.462. The minimum absolute atomic E-state index is 0.344. The van der Waals surface area contributed by atoms with Crippen LogP contribution in [0.5, 0.6) is 0 Å². The van der Waals surface area contributed by atoms with E-state index in [1.165, 1.54) is 60.4 Å². The van der Waals surface area contributed by atoms with Crippen LogP contribution in [-0.2, 0) is 12.8 Å². The molecule has 30 heavy (non-hydrogen) atoms. The molecular formula is C26H32F2S2. The van der Waals surface area contributed by atoms with E-state index in [0.717, 1.165) is 35.4 Å². The summed E-state index contributed by atoms with van der Waals surface area (Å²) in [5, 5.41) is 0. The van der Waals surface area contributed by atoms with Gasteiger partial charge in [-0.3, -0.25) is 0 Å². The van der Waals surface area contributed by atoms with Crippen LogP contribution in [0.4, 0.5) is 8.78 Å². The summed E-state index contributed by atoms with van der Waals surface area (Å²) in [7, 11) is 0. The second-order valence-electron chi connectivity index (χ2n) is 7.97. The van der Waals surface area contributed by atoms with Crippen molar-refractivity contribution in [3.8, 4) is 20.9 Å². The van der Waals surface area contributed by atoms with Gasteiger partial charge in [-0.25, -0.2) is 8.78 Å². The van der Waals surface area contributed by atoms with Gasteiger partial charge in [0.1, 0.15) is 11.6 Å². The predicted molar refractivity (Wildman–Crippen MR) is 129 cm³/mol. The van der Waals surface area contributed by atoms with Crippen molar-refractivity contribution in [3.05, 3.63) is 57.8 Å². The first-order valence-electron chi connectivity index (χ1n) is 11.3. The minimum Gasteiger partial charge on any atom is -0.206 e. The van der Waals surface area contributed by atoms with Crippen LogP contribution in [0, 0.1) is 11.6 Å². The van der Waals surface area contributed by atoms with Gasteiger partial charge in [-0.2, -0.15) is 0 Å². The van der Waals surface area contributed by atoms with Crippen molar-refractivity contribution in [3.63, 3.8) is 0 Å².